The summed E-state index contributed by atoms with van der Waals surface area (Å²) in [7, 11) is 0. The van der Waals surface area contributed by atoms with Crippen molar-refractivity contribution in [3.63, 3.8) is 0 Å². The van der Waals surface area contributed by atoms with E-state index in [1.54, 1.807) is 0 Å². The predicted molar refractivity (Wildman–Crippen MR) is 69.8 cm³/mol. The highest BCUT2D eigenvalue weighted by Crippen LogP contribution is 2.21. The Hall–Kier alpha value is 0.340. The fourth-order valence-electron chi connectivity index (χ4n) is 1.09. The van der Waals surface area contributed by atoms with Crippen LogP contribution in [0.2, 0.25) is 5.02 Å². The van der Waals surface area contributed by atoms with Crippen LogP contribution < -0.4 is 0 Å². The van der Waals surface area contributed by atoms with Crippen LogP contribution in [0.15, 0.2) is 29.2 Å². The van der Waals surface area contributed by atoms with E-state index in [9.17, 15) is 0 Å². The molecule has 0 aromatic heterocycles. The lowest BCUT2D eigenvalue weighted by atomic mass is 10.3. The van der Waals surface area contributed by atoms with Crippen molar-refractivity contribution in [2.45, 2.75) is 24.2 Å². The van der Waals surface area contributed by atoms with Crippen molar-refractivity contribution in [1.29, 1.82) is 0 Å². The molecule has 0 heterocycles. The van der Waals surface area contributed by atoms with Gasteiger partial charge in [0.2, 0.25) is 0 Å². The summed E-state index contributed by atoms with van der Waals surface area (Å²) in [6.45, 7) is 0. The standard InChI is InChI=1S/C11H14BrClS/c12-8-2-1-3-9-14-11-6-4-10(13)5-7-11/h4-7H,1-3,8-9H2. The van der Waals surface area contributed by atoms with Crippen LogP contribution in [0.3, 0.4) is 0 Å². The van der Waals surface area contributed by atoms with Gasteiger partial charge in [-0.2, -0.15) is 0 Å². The third-order valence-corrected chi connectivity index (χ3v) is 3.77. The van der Waals surface area contributed by atoms with Gasteiger partial charge in [0.25, 0.3) is 0 Å². The Morgan fingerprint density at radius 3 is 2.43 bits per heavy atom. The van der Waals surface area contributed by atoms with Crippen LogP contribution in [0.5, 0.6) is 0 Å². The molecule has 78 valence electrons. The summed E-state index contributed by atoms with van der Waals surface area (Å²) < 4.78 is 0. The number of benzene rings is 1. The molecule has 14 heavy (non-hydrogen) atoms. The first-order chi connectivity index (χ1) is 6.83. The fourth-order valence-corrected chi connectivity index (χ4v) is 2.53. The SMILES string of the molecule is Clc1ccc(SCCCCCBr)cc1. The van der Waals surface area contributed by atoms with E-state index in [2.05, 4.69) is 28.1 Å². The normalized spacial score (nSPS) is 10.4. The third-order valence-electron chi connectivity index (χ3n) is 1.86. The van der Waals surface area contributed by atoms with E-state index in [1.807, 2.05) is 23.9 Å². The molecule has 0 amide bonds. The highest BCUT2D eigenvalue weighted by Gasteiger charge is 1.94. The largest absolute Gasteiger partial charge is 0.126 e. The molecule has 0 aliphatic carbocycles. The molecule has 0 bridgehead atoms. The summed E-state index contributed by atoms with van der Waals surface area (Å²) in [4.78, 5) is 1.31. The minimum absolute atomic E-state index is 0.814. The predicted octanol–water partition coefficient (Wildman–Crippen LogP) is 5.00. The third kappa shape index (κ3) is 5.28. The van der Waals surface area contributed by atoms with E-state index in [0.717, 1.165) is 10.4 Å². The lowest BCUT2D eigenvalue weighted by Crippen LogP contribution is -1.82. The molecule has 0 aliphatic rings. The quantitative estimate of drug-likeness (QED) is 0.404. The molecule has 0 saturated carbocycles. The van der Waals surface area contributed by atoms with Crippen LogP contribution in [0.4, 0.5) is 0 Å². The molecule has 1 aromatic carbocycles. The van der Waals surface area contributed by atoms with E-state index in [0.29, 0.717) is 0 Å². The van der Waals surface area contributed by atoms with Gasteiger partial charge in [0.15, 0.2) is 0 Å². The summed E-state index contributed by atoms with van der Waals surface area (Å²) >= 11 is 11.1. The molecular formula is C11H14BrClS. The molecule has 0 fully saturated rings. The van der Waals surface area contributed by atoms with Crippen molar-refractivity contribution in [1.82, 2.24) is 0 Å². The molecule has 0 saturated heterocycles. The smallest absolute Gasteiger partial charge is 0.0406 e. The van der Waals surface area contributed by atoms with Crippen molar-refractivity contribution in [3.8, 4) is 0 Å². The summed E-state index contributed by atoms with van der Waals surface area (Å²) in [6.07, 6.45) is 3.88. The summed E-state index contributed by atoms with van der Waals surface area (Å²) in [5.41, 5.74) is 0. The van der Waals surface area contributed by atoms with Crippen LogP contribution >= 0.6 is 39.3 Å². The van der Waals surface area contributed by atoms with Crippen LogP contribution in [0, 0.1) is 0 Å². The first kappa shape index (κ1) is 12.4. The van der Waals surface area contributed by atoms with Gasteiger partial charge >= 0.3 is 0 Å². The second kappa shape index (κ2) is 7.61. The highest BCUT2D eigenvalue weighted by atomic mass is 79.9. The number of rotatable bonds is 6. The van der Waals surface area contributed by atoms with Crippen molar-refractivity contribution in [2.75, 3.05) is 11.1 Å². The minimum Gasteiger partial charge on any atom is -0.126 e. The highest BCUT2D eigenvalue weighted by molar-refractivity contribution is 9.09. The van der Waals surface area contributed by atoms with Crippen molar-refractivity contribution >= 4 is 39.3 Å². The first-order valence-electron chi connectivity index (χ1n) is 4.77. The van der Waals surface area contributed by atoms with Gasteiger partial charge in [-0.05, 0) is 42.9 Å². The molecule has 1 rings (SSSR count). The van der Waals surface area contributed by atoms with Crippen molar-refractivity contribution in [2.24, 2.45) is 0 Å². The zero-order chi connectivity index (χ0) is 10.2. The van der Waals surface area contributed by atoms with E-state index in [1.165, 1.54) is 29.9 Å². The van der Waals surface area contributed by atoms with Gasteiger partial charge in [-0.1, -0.05) is 34.0 Å². The number of hydrogen-bond acceptors (Lipinski definition) is 1. The molecule has 0 radical (unpaired) electrons. The van der Waals surface area contributed by atoms with Gasteiger partial charge in [0, 0.05) is 15.2 Å². The van der Waals surface area contributed by atoms with Gasteiger partial charge in [-0.25, -0.2) is 0 Å². The molecule has 0 unspecified atom stereocenters. The topological polar surface area (TPSA) is 0 Å². The molecule has 1 aromatic rings. The minimum atomic E-state index is 0.814. The van der Waals surface area contributed by atoms with Gasteiger partial charge in [-0.15, -0.1) is 11.8 Å². The number of hydrogen-bond donors (Lipinski definition) is 0. The molecule has 0 aliphatic heterocycles. The summed E-state index contributed by atoms with van der Waals surface area (Å²) in [6, 6.07) is 8.06. The van der Waals surface area contributed by atoms with Crippen LogP contribution in [0.25, 0.3) is 0 Å². The monoisotopic (exact) mass is 292 g/mol. The Labute approximate surface area is 104 Å². The maximum Gasteiger partial charge on any atom is 0.0406 e. The van der Waals surface area contributed by atoms with Gasteiger partial charge < -0.3 is 0 Å². The molecule has 0 atom stereocenters. The van der Waals surface area contributed by atoms with Crippen molar-refractivity contribution < 1.29 is 0 Å². The lowest BCUT2D eigenvalue weighted by Gasteiger charge is -2.01. The van der Waals surface area contributed by atoms with Crippen molar-refractivity contribution in [3.05, 3.63) is 29.3 Å². The maximum atomic E-state index is 5.80. The van der Waals surface area contributed by atoms with Gasteiger partial charge in [0.1, 0.15) is 0 Å². The molecule has 0 N–H and O–H groups in total. The van der Waals surface area contributed by atoms with Gasteiger partial charge in [0.05, 0.1) is 0 Å². The molecule has 3 heteroatoms. The zero-order valence-electron chi connectivity index (χ0n) is 8.01. The Bertz CT molecular complexity index is 248. The van der Waals surface area contributed by atoms with Crippen LogP contribution in [-0.2, 0) is 0 Å². The Morgan fingerprint density at radius 1 is 1.07 bits per heavy atom. The summed E-state index contributed by atoms with van der Waals surface area (Å²) in [5, 5.41) is 1.94. The summed E-state index contributed by atoms with van der Waals surface area (Å²) in [5.74, 6) is 1.20. The second-order valence-corrected chi connectivity index (χ2v) is 5.45. The lowest BCUT2D eigenvalue weighted by molar-refractivity contribution is 0.788. The first-order valence-corrected chi connectivity index (χ1v) is 7.26. The number of alkyl halides is 1. The number of halogens is 2. The Balaban J connectivity index is 2.15. The zero-order valence-corrected chi connectivity index (χ0v) is 11.2. The second-order valence-electron chi connectivity index (χ2n) is 3.05. The molecule has 0 nitrogen and oxygen atoms in total. The molecule has 0 spiro atoms. The fraction of sp³-hybridized carbons (Fsp3) is 0.455. The number of thioether (sulfide) groups is 1. The van der Waals surface area contributed by atoms with E-state index in [-0.39, 0.29) is 0 Å². The average molecular weight is 294 g/mol. The number of unbranched alkanes of at least 4 members (excludes halogenated alkanes) is 2. The van der Waals surface area contributed by atoms with E-state index >= 15 is 0 Å². The molecular weight excluding hydrogens is 280 g/mol. The average Bonchev–Trinajstić information content (AvgIpc) is 2.21. The van der Waals surface area contributed by atoms with E-state index < -0.39 is 0 Å². The Morgan fingerprint density at radius 2 is 1.79 bits per heavy atom. The maximum absolute atomic E-state index is 5.80. The van der Waals surface area contributed by atoms with E-state index in [4.69, 9.17) is 11.6 Å². The Kier molecular flexibility index (Phi) is 6.74. The van der Waals surface area contributed by atoms with Crippen LogP contribution in [-0.4, -0.2) is 11.1 Å². The van der Waals surface area contributed by atoms with Gasteiger partial charge in [-0.3, -0.25) is 0 Å². The van der Waals surface area contributed by atoms with Crippen LogP contribution in [0.1, 0.15) is 19.3 Å².